The Labute approximate surface area is 231 Å². The number of hydrogen-bond acceptors (Lipinski definition) is 6. The first-order valence-corrected chi connectivity index (χ1v) is 13.4. The maximum atomic E-state index is 12.1. The van der Waals surface area contributed by atoms with Crippen LogP contribution in [0.4, 0.5) is 5.82 Å². The van der Waals surface area contributed by atoms with Crippen molar-refractivity contribution in [3.8, 4) is 28.5 Å². The molecular weight excluding hydrogens is 500 g/mol. The monoisotopic (exact) mass is 528 g/mol. The number of rotatable bonds is 4. The summed E-state index contributed by atoms with van der Waals surface area (Å²) in [5, 5.41) is 24.3. The molecular formula is C31H28N8O. The number of benzene rings is 2. The number of nitriles is 1. The van der Waals surface area contributed by atoms with Gasteiger partial charge >= 0.3 is 0 Å². The SMILES string of the molecule is C=CC(=O)N1CC2(CCN(c3nc4cc(-c5ccnn5C)ccc4c(-c4c(C)ccc5[nH]ncc45)c3C#N)C2)C1. The van der Waals surface area contributed by atoms with Gasteiger partial charge in [0.15, 0.2) is 0 Å². The van der Waals surface area contributed by atoms with Gasteiger partial charge in [-0.3, -0.25) is 14.6 Å². The number of aromatic amines is 1. The molecule has 0 radical (unpaired) electrons. The summed E-state index contributed by atoms with van der Waals surface area (Å²) >= 11 is 0. The lowest BCUT2D eigenvalue weighted by molar-refractivity contribution is -0.136. The molecule has 0 bridgehead atoms. The zero-order valence-corrected chi connectivity index (χ0v) is 22.5. The van der Waals surface area contributed by atoms with E-state index in [1.165, 1.54) is 6.08 Å². The average Bonchev–Trinajstić information content (AvgIpc) is 3.70. The molecule has 7 rings (SSSR count). The number of carbonyl (C=O) groups is 1. The zero-order valence-electron chi connectivity index (χ0n) is 22.5. The lowest BCUT2D eigenvalue weighted by Gasteiger charge is -2.47. The molecule has 3 aromatic heterocycles. The molecule has 0 atom stereocenters. The highest BCUT2D eigenvalue weighted by Crippen LogP contribution is 2.45. The van der Waals surface area contributed by atoms with Gasteiger partial charge in [-0.2, -0.15) is 15.5 Å². The van der Waals surface area contributed by atoms with Crippen LogP contribution in [0.5, 0.6) is 0 Å². The van der Waals surface area contributed by atoms with Crippen LogP contribution in [-0.4, -0.2) is 61.9 Å². The Morgan fingerprint density at radius 1 is 1.15 bits per heavy atom. The Morgan fingerprint density at radius 3 is 2.75 bits per heavy atom. The molecule has 1 N–H and O–H groups in total. The number of anilines is 1. The standard InChI is InChI=1S/C31H28N8O/c1-4-27(40)39-17-31(18-39)10-12-38(16-31)30-22(14-32)29(28-19(2)5-8-24-23(28)15-33-36-24)21-7-6-20(13-25(21)35-30)26-9-11-34-37(26)3/h4-9,11,13,15H,1,10,12,16-18H2,2-3H3,(H,33,36). The summed E-state index contributed by atoms with van der Waals surface area (Å²) in [5.41, 5.74) is 7.25. The van der Waals surface area contributed by atoms with Gasteiger partial charge in [0.05, 0.1) is 22.9 Å². The maximum absolute atomic E-state index is 12.1. The molecule has 9 nitrogen and oxygen atoms in total. The van der Waals surface area contributed by atoms with E-state index in [2.05, 4.69) is 64.0 Å². The van der Waals surface area contributed by atoms with Gasteiger partial charge in [-0.05, 0) is 48.7 Å². The molecule has 40 heavy (non-hydrogen) atoms. The minimum Gasteiger partial charge on any atom is -0.355 e. The van der Waals surface area contributed by atoms with Gasteiger partial charge in [-0.1, -0.05) is 24.8 Å². The van der Waals surface area contributed by atoms with Crippen molar-refractivity contribution in [1.82, 2.24) is 29.9 Å². The third-order valence-corrected chi connectivity index (χ3v) is 8.55. The average molecular weight is 529 g/mol. The van der Waals surface area contributed by atoms with Crippen LogP contribution < -0.4 is 4.90 Å². The smallest absolute Gasteiger partial charge is 0.245 e. The van der Waals surface area contributed by atoms with Crippen LogP contribution in [0.25, 0.3) is 44.2 Å². The number of aromatic nitrogens is 5. The van der Waals surface area contributed by atoms with E-state index in [-0.39, 0.29) is 11.3 Å². The topological polar surface area (TPSA) is 107 Å². The minimum absolute atomic E-state index is 0.0131. The molecule has 2 saturated heterocycles. The van der Waals surface area contributed by atoms with Gasteiger partial charge in [0, 0.05) is 66.7 Å². The number of aryl methyl sites for hydroxylation is 2. The Balaban J connectivity index is 1.43. The molecule has 9 heteroatoms. The fourth-order valence-corrected chi connectivity index (χ4v) is 6.54. The first-order valence-electron chi connectivity index (χ1n) is 13.4. The highest BCUT2D eigenvalue weighted by Gasteiger charge is 2.49. The van der Waals surface area contributed by atoms with Gasteiger partial charge < -0.3 is 9.80 Å². The lowest BCUT2D eigenvalue weighted by atomic mass is 9.79. The number of nitrogens with one attached hydrogen (secondary N) is 1. The fourth-order valence-electron chi connectivity index (χ4n) is 6.54. The fraction of sp³-hybridized carbons (Fsp3) is 0.258. The number of carbonyl (C=O) groups excluding carboxylic acids is 1. The minimum atomic E-state index is -0.0284. The van der Waals surface area contributed by atoms with E-state index in [9.17, 15) is 10.1 Å². The number of pyridine rings is 1. The van der Waals surface area contributed by atoms with E-state index >= 15 is 0 Å². The van der Waals surface area contributed by atoms with E-state index in [1.54, 1.807) is 6.20 Å². The van der Waals surface area contributed by atoms with E-state index in [1.807, 2.05) is 35.0 Å². The molecule has 198 valence electrons. The molecule has 2 aliphatic heterocycles. The largest absolute Gasteiger partial charge is 0.355 e. The highest BCUT2D eigenvalue weighted by atomic mass is 16.2. The van der Waals surface area contributed by atoms with Gasteiger partial charge in [-0.25, -0.2) is 4.98 Å². The summed E-state index contributed by atoms with van der Waals surface area (Å²) in [7, 11) is 1.92. The van der Waals surface area contributed by atoms with Crippen molar-refractivity contribution in [2.24, 2.45) is 12.5 Å². The molecule has 2 aromatic carbocycles. The van der Waals surface area contributed by atoms with Crippen LogP contribution in [0.1, 0.15) is 17.5 Å². The van der Waals surface area contributed by atoms with Gasteiger partial charge in [0.25, 0.3) is 0 Å². The molecule has 1 amide bonds. The molecule has 2 fully saturated rings. The van der Waals surface area contributed by atoms with Crippen molar-refractivity contribution in [2.45, 2.75) is 13.3 Å². The summed E-state index contributed by atoms with van der Waals surface area (Å²) in [6, 6.07) is 14.8. The van der Waals surface area contributed by atoms with Crippen LogP contribution >= 0.6 is 0 Å². The summed E-state index contributed by atoms with van der Waals surface area (Å²) < 4.78 is 1.85. The second-order valence-electron chi connectivity index (χ2n) is 11.0. The van der Waals surface area contributed by atoms with Crippen LogP contribution in [0, 0.1) is 23.7 Å². The van der Waals surface area contributed by atoms with Crippen LogP contribution in [0.3, 0.4) is 0 Å². The zero-order chi connectivity index (χ0) is 27.6. The highest BCUT2D eigenvalue weighted by molar-refractivity contribution is 6.08. The van der Waals surface area contributed by atoms with Crippen molar-refractivity contribution in [1.29, 1.82) is 5.26 Å². The van der Waals surface area contributed by atoms with Crippen LogP contribution in [0.15, 0.2) is 61.4 Å². The van der Waals surface area contributed by atoms with Crippen LogP contribution in [0.2, 0.25) is 0 Å². The van der Waals surface area contributed by atoms with Crippen molar-refractivity contribution >= 4 is 33.5 Å². The van der Waals surface area contributed by atoms with E-state index in [0.29, 0.717) is 24.5 Å². The van der Waals surface area contributed by atoms with Gasteiger partial charge in [0.1, 0.15) is 17.5 Å². The second-order valence-corrected chi connectivity index (χ2v) is 11.0. The van der Waals surface area contributed by atoms with Crippen molar-refractivity contribution < 1.29 is 4.79 Å². The van der Waals surface area contributed by atoms with E-state index in [4.69, 9.17) is 4.98 Å². The quantitative estimate of drug-likeness (QED) is 0.342. The molecule has 5 heterocycles. The predicted molar refractivity (Wildman–Crippen MR) is 155 cm³/mol. The lowest BCUT2D eigenvalue weighted by Crippen LogP contribution is -2.59. The number of likely N-dealkylation sites (tertiary alicyclic amines) is 1. The molecule has 0 aliphatic carbocycles. The maximum Gasteiger partial charge on any atom is 0.245 e. The molecule has 1 spiro atoms. The van der Waals surface area contributed by atoms with Gasteiger partial charge in [0.2, 0.25) is 5.91 Å². The summed E-state index contributed by atoms with van der Waals surface area (Å²) in [6.07, 6.45) is 5.94. The van der Waals surface area contributed by atoms with Crippen molar-refractivity contribution in [3.05, 3.63) is 72.6 Å². The predicted octanol–water partition coefficient (Wildman–Crippen LogP) is 4.58. The van der Waals surface area contributed by atoms with Crippen molar-refractivity contribution in [2.75, 3.05) is 31.1 Å². The molecule has 5 aromatic rings. The molecule has 0 saturated carbocycles. The van der Waals surface area contributed by atoms with E-state index < -0.39 is 0 Å². The first kappa shape index (κ1) is 24.1. The number of nitrogens with zero attached hydrogens (tertiary/aromatic N) is 7. The second kappa shape index (κ2) is 8.78. The number of fused-ring (bicyclic) bond motifs is 2. The van der Waals surface area contributed by atoms with E-state index in [0.717, 1.165) is 69.3 Å². The number of H-pyrrole nitrogens is 1. The molecule has 2 aliphatic rings. The Hall–Kier alpha value is -4.97. The number of amides is 1. The Morgan fingerprint density at radius 2 is 2.00 bits per heavy atom. The van der Waals surface area contributed by atoms with Crippen LogP contribution in [-0.2, 0) is 11.8 Å². The number of hydrogen-bond donors (Lipinski definition) is 1. The third kappa shape index (κ3) is 3.53. The summed E-state index contributed by atoms with van der Waals surface area (Å²) in [4.78, 5) is 21.4. The van der Waals surface area contributed by atoms with Crippen molar-refractivity contribution in [3.63, 3.8) is 0 Å². The van der Waals surface area contributed by atoms with Gasteiger partial charge in [-0.15, -0.1) is 0 Å². The summed E-state index contributed by atoms with van der Waals surface area (Å²) in [5.74, 6) is 0.664. The first-order chi connectivity index (χ1) is 19.4. The normalized spacial score (nSPS) is 16.0. The Bertz CT molecular complexity index is 1880. The summed E-state index contributed by atoms with van der Waals surface area (Å²) in [6.45, 7) is 8.63. The molecule has 0 unspecified atom stereocenters. The Kier molecular flexibility index (Phi) is 5.29. The third-order valence-electron chi connectivity index (χ3n) is 8.55.